The summed E-state index contributed by atoms with van der Waals surface area (Å²) in [4.78, 5) is 27.3. The zero-order valence-corrected chi connectivity index (χ0v) is 19.4. The Balaban J connectivity index is 1.53. The molecule has 1 fully saturated rings. The largest absolute Gasteiger partial charge is 0.497 e. The molecule has 1 aliphatic carbocycles. The first-order chi connectivity index (χ1) is 15.9. The van der Waals surface area contributed by atoms with Gasteiger partial charge in [0, 0.05) is 24.5 Å². The average molecular weight is 468 g/mol. The van der Waals surface area contributed by atoms with Crippen LogP contribution in [0.25, 0.3) is 11.0 Å². The summed E-state index contributed by atoms with van der Waals surface area (Å²) in [6, 6.07) is 10.8. The normalized spacial score (nSPS) is 16.8. The number of furan rings is 1. The number of halogens is 1. The van der Waals surface area contributed by atoms with E-state index in [1.807, 2.05) is 24.3 Å². The van der Waals surface area contributed by atoms with Crippen LogP contribution in [-0.2, 0) is 12.1 Å². The molecule has 8 heteroatoms. The Kier molecular flexibility index (Phi) is 5.44. The number of amides is 3. The van der Waals surface area contributed by atoms with Gasteiger partial charge in [0.05, 0.1) is 23.4 Å². The smallest absolute Gasteiger partial charge is 0.319 e. The van der Waals surface area contributed by atoms with Gasteiger partial charge in [-0.1, -0.05) is 43.0 Å². The van der Waals surface area contributed by atoms with Crippen LogP contribution in [-0.4, -0.2) is 31.0 Å². The Labute approximate surface area is 197 Å². The highest BCUT2D eigenvalue weighted by atomic mass is 35.5. The third-order valence-electron chi connectivity index (χ3n) is 6.65. The molecular weight excluding hydrogens is 442 g/mol. The monoisotopic (exact) mass is 467 g/mol. The number of ether oxygens (including phenoxy) is 1. The molecule has 1 saturated carbocycles. The number of nitrogens with one attached hydrogen (secondary N) is 2. The molecule has 1 aromatic heterocycles. The Hall–Kier alpha value is -3.19. The predicted octanol–water partition coefficient (Wildman–Crippen LogP) is 5.66. The van der Waals surface area contributed by atoms with Crippen molar-refractivity contribution in [3.05, 3.63) is 58.3 Å². The second kappa shape index (κ2) is 8.30. The molecule has 3 aromatic rings. The fraction of sp³-hybridized carbons (Fsp3) is 0.360. The molecule has 5 rings (SSSR count). The number of carbonyl (C=O) groups excluding carboxylic acids is 2. The molecule has 2 aliphatic rings. The van der Waals surface area contributed by atoms with Gasteiger partial charge < -0.3 is 24.7 Å². The summed E-state index contributed by atoms with van der Waals surface area (Å²) in [5.41, 5.74) is 2.44. The molecule has 2 N–H and O–H groups in total. The van der Waals surface area contributed by atoms with E-state index in [1.54, 1.807) is 31.2 Å². The van der Waals surface area contributed by atoms with Gasteiger partial charge in [-0.25, -0.2) is 4.79 Å². The summed E-state index contributed by atoms with van der Waals surface area (Å²) in [5, 5.41) is 7.18. The van der Waals surface area contributed by atoms with E-state index in [9.17, 15) is 9.59 Å². The van der Waals surface area contributed by atoms with Crippen molar-refractivity contribution in [3.63, 3.8) is 0 Å². The van der Waals surface area contributed by atoms with E-state index in [1.165, 1.54) is 0 Å². The van der Waals surface area contributed by atoms with Crippen molar-refractivity contribution in [2.75, 3.05) is 19.5 Å². The van der Waals surface area contributed by atoms with Crippen LogP contribution in [0.3, 0.4) is 0 Å². The van der Waals surface area contributed by atoms with Gasteiger partial charge in [0.1, 0.15) is 11.3 Å². The van der Waals surface area contributed by atoms with Crippen molar-refractivity contribution in [3.8, 4) is 5.75 Å². The maximum absolute atomic E-state index is 13.2. The molecule has 7 nitrogen and oxygen atoms in total. The molecule has 2 heterocycles. The summed E-state index contributed by atoms with van der Waals surface area (Å²) in [6.45, 7) is 0.410. The number of anilines is 1. The average Bonchev–Trinajstić information content (AvgIpc) is 3.22. The van der Waals surface area contributed by atoms with Gasteiger partial charge in [-0.05, 0) is 42.7 Å². The number of carbonyl (C=O) groups is 2. The van der Waals surface area contributed by atoms with Crippen molar-refractivity contribution in [1.82, 2.24) is 10.2 Å². The van der Waals surface area contributed by atoms with Crippen molar-refractivity contribution in [2.24, 2.45) is 0 Å². The first-order valence-corrected chi connectivity index (χ1v) is 11.5. The highest BCUT2D eigenvalue weighted by Gasteiger charge is 2.44. The van der Waals surface area contributed by atoms with Gasteiger partial charge in [0.2, 0.25) is 0 Å². The van der Waals surface area contributed by atoms with E-state index < -0.39 is 5.54 Å². The summed E-state index contributed by atoms with van der Waals surface area (Å²) >= 11 is 6.58. The fourth-order valence-electron chi connectivity index (χ4n) is 5.09. The molecule has 2 aromatic carbocycles. The van der Waals surface area contributed by atoms with Crippen LogP contribution >= 0.6 is 11.6 Å². The molecule has 3 amide bonds. The second-order valence-corrected chi connectivity index (χ2v) is 9.28. The second-order valence-electron chi connectivity index (χ2n) is 8.87. The van der Waals surface area contributed by atoms with Gasteiger partial charge in [-0.3, -0.25) is 4.79 Å². The highest BCUT2D eigenvalue weighted by molar-refractivity contribution is 6.35. The number of rotatable bonds is 4. The minimum Gasteiger partial charge on any atom is -0.497 e. The third kappa shape index (κ3) is 3.80. The van der Waals surface area contributed by atoms with E-state index in [0.717, 1.165) is 54.4 Å². The van der Waals surface area contributed by atoms with Crippen LogP contribution in [0.5, 0.6) is 5.75 Å². The van der Waals surface area contributed by atoms with Crippen LogP contribution in [0.15, 0.2) is 40.8 Å². The third-order valence-corrected chi connectivity index (χ3v) is 6.95. The minimum atomic E-state index is -0.538. The Bertz CT molecular complexity index is 1250. The van der Waals surface area contributed by atoms with Gasteiger partial charge >= 0.3 is 6.03 Å². The minimum absolute atomic E-state index is 0.232. The molecule has 0 atom stereocenters. The quantitative estimate of drug-likeness (QED) is 0.518. The van der Waals surface area contributed by atoms with Crippen molar-refractivity contribution >= 4 is 40.2 Å². The Morgan fingerprint density at radius 3 is 2.76 bits per heavy atom. The Morgan fingerprint density at radius 1 is 1.21 bits per heavy atom. The van der Waals surface area contributed by atoms with Crippen LogP contribution < -0.4 is 15.4 Å². The van der Waals surface area contributed by atoms with Crippen LogP contribution in [0.2, 0.25) is 5.02 Å². The van der Waals surface area contributed by atoms with Crippen LogP contribution in [0, 0.1) is 0 Å². The molecule has 0 radical (unpaired) electrons. The lowest BCUT2D eigenvalue weighted by Gasteiger charge is -2.42. The van der Waals surface area contributed by atoms with Crippen molar-refractivity contribution in [1.29, 1.82) is 0 Å². The van der Waals surface area contributed by atoms with E-state index in [-0.39, 0.29) is 17.7 Å². The fourth-order valence-corrected chi connectivity index (χ4v) is 5.35. The highest BCUT2D eigenvalue weighted by Crippen LogP contribution is 2.49. The maximum atomic E-state index is 13.2. The Morgan fingerprint density at radius 2 is 2.00 bits per heavy atom. The first-order valence-electron chi connectivity index (χ1n) is 11.1. The number of hydrogen-bond donors (Lipinski definition) is 2. The van der Waals surface area contributed by atoms with Crippen molar-refractivity contribution < 1.29 is 18.7 Å². The number of benzene rings is 2. The van der Waals surface area contributed by atoms with Crippen LogP contribution in [0.4, 0.5) is 10.5 Å². The standard InChI is InChI=1S/C25H26ClN3O4/c1-29(14-15-7-6-8-17(11-15)32-2)23(30)19-13-16-12-18(26)21-20(22(16)33-19)25(28-24(31)27-21)9-4-3-5-10-25/h6-8,11-13H,3-5,9-10,14H2,1-2H3,(H2,27,28,31). The molecule has 1 aliphatic heterocycles. The SMILES string of the molecule is COc1cccc(CN(C)C(=O)c2cc3cc(Cl)c4c(c3o2)C2(CCCCC2)NC(=O)N4)c1. The van der Waals surface area contributed by atoms with E-state index in [4.69, 9.17) is 20.8 Å². The van der Waals surface area contributed by atoms with E-state index in [0.29, 0.717) is 22.8 Å². The zero-order valence-electron chi connectivity index (χ0n) is 18.7. The lowest BCUT2D eigenvalue weighted by molar-refractivity contribution is 0.0755. The summed E-state index contributed by atoms with van der Waals surface area (Å²) in [7, 11) is 3.35. The lowest BCUT2D eigenvalue weighted by atomic mass is 9.74. The van der Waals surface area contributed by atoms with Crippen molar-refractivity contribution in [2.45, 2.75) is 44.2 Å². The number of urea groups is 1. The summed E-state index contributed by atoms with van der Waals surface area (Å²) < 4.78 is 11.5. The van der Waals surface area contributed by atoms with Gasteiger partial charge in [-0.2, -0.15) is 0 Å². The molecule has 0 unspecified atom stereocenters. The lowest BCUT2D eigenvalue weighted by Crippen LogP contribution is -2.52. The molecule has 0 bridgehead atoms. The molecule has 1 spiro atoms. The maximum Gasteiger partial charge on any atom is 0.319 e. The van der Waals surface area contributed by atoms with Gasteiger partial charge in [0.25, 0.3) is 5.91 Å². The summed E-state index contributed by atoms with van der Waals surface area (Å²) in [5.74, 6) is 0.748. The summed E-state index contributed by atoms with van der Waals surface area (Å²) in [6.07, 6.45) is 4.75. The van der Waals surface area contributed by atoms with E-state index >= 15 is 0 Å². The van der Waals surface area contributed by atoms with E-state index in [2.05, 4.69) is 10.6 Å². The predicted molar refractivity (Wildman–Crippen MR) is 127 cm³/mol. The topological polar surface area (TPSA) is 83.8 Å². The number of nitrogens with zero attached hydrogens (tertiary/aromatic N) is 1. The molecule has 0 saturated heterocycles. The molecule has 172 valence electrons. The number of hydrogen-bond acceptors (Lipinski definition) is 4. The zero-order chi connectivity index (χ0) is 23.2. The van der Waals surface area contributed by atoms with Crippen LogP contribution in [0.1, 0.15) is 53.8 Å². The number of fused-ring (bicyclic) bond motifs is 4. The van der Waals surface area contributed by atoms with Gasteiger partial charge in [-0.15, -0.1) is 0 Å². The number of methoxy groups -OCH3 is 1. The molecule has 33 heavy (non-hydrogen) atoms. The first kappa shape index (κ1) is 21.6. The molecular formula is C25H26ClN3O4. The van der Waals surface area contributed by atoms with Gasteiger partial charge in [0.15, 0.2) is 5.76 Å².